The van der Waals surface area contributed by atoms with Gasteiger partial charge in [0.2, 0.25) is 0 Å². The van der Waals surface area contributed by atoms with Crippen molar-refractivity contribution in [2.24, 2.45) is 0 Å². The van der Waals surface area contributed by atoms with Crippen molar-refractivity contribution >= 4 is 11.2 Å². The smallest absolute Gasteiger partial charge is 0.160 e. The largest absolute Gasteiger partial charge is 0.508 e. The van der Waals surface area contributed by atoms with Gasteiger partial charge in [-0.3, -0.25) is 0 Å². The number of aromatic nitrogens is 3. The van der Waals surface area contributed by atoms with Gasteiger partial charge in [-0.1, -0.05) is 12.1 Å². The molecule has 23 heavy (non-hydrogen) atoms. The number of pyridine rings is 1. The predicted octanol–water partition coefficient (Wildman–Crippen LogP) is 2.91. The second-order valence-electron chi connectivity index (χ2n) is 5.96. The fraction of sp³-hybridized carbons (Fsp3) is 0.333. The van der Waals surface area contributed by atoms with Crippen LogP contribution in [0, 0.1) is 0 Å². The van der Waals surface area contributed by atoms with Gasteiger partial charge >= 0.3 is 0 Å². The molecule has 3 heterocycles. The first-order valence-electron chi connectivity index (χ1n) is 7.99. The van der Waals surface area contributed by atoms with Crippen LogP contribution in [0.5, 0.6) is 5.75 Å². The van der Waals surface area contributed by atoms with Gasteiger partial charge < -0.3 is 14.4 Å². The summed E-state index contributed by atoms with van der Waals surface area (Å²) in [7, 11) is 0. The van der Waals surface area contributed by atoms with Gasteiger partial charge in [-0.05, 0) is 42.7 Å². The maximum Gasteiger partial charge on any atom is 0.160 e. The third-order valence-corrected chi connectivity index (χ3v) is 4.29. The molecule has 0 aliphatic carbocycles. The van der Waals surface area contributed by atoms with E-state index in [0.717, 1.165) is 48.5 Å². The SMILES string of the molecule is Oc1ccc(Cc2nc3cccnc3n2CC2CCCO2)cc1. The second-order valence-corrected chi connectivity index (χ2v) is 5.96. The van der Waals surface area contributed by atoms with Gasteiger partial charge in [0.25, 0.3) is 0 Å². The Morgan fingerprint density at radius 2 is 2.09 bits per heavy atom. The third kappa shape index (κ3) is 2.92. The zero-order valence-corrected chi connectivity index (χ0v) is 12.9. The van der Waals surface area contributed by atoms with Crippen molar-refractivity contribution in [1.29, 1.82) is 0 Å². The number of aromatic hydroxyl groups is 1. The lowest BCUT2D eigenvalue weighted by Gasteiger charge is -2.13. The maximum absolute atomic E-state index is 9.43. The van der Waals surface area contributed by atoms with E-state index in [-0.39, 0.29) is 11.9 Å². The van der Waals surface area contributed by atoms with Crippen molar-refractivity contribution in [2.75, 3.05) is 6.61 Å². The van der Waals surface area contributed by atoms with Crippen LogP contribution >= 0.6 is 0 Å². The molecular weight excluding hydrogens is 290 g/mol. The van der Waals surface area contributed by atoms with Crippen LogP contribution in [-0.2, 0) is 17.7 Å². The van der Waals surface area contributed by atoms with Crippen LogP contribution in [0.4, 0.5) is 0 Å². The number of rotatable bonds is 4. The topological polar surface area (TPSA) is 60.2 Å². The molecule has 0 amide bonds. The highest BCUT2D eigenvalue weighted by molar-refractivity contribution is 5.71. The number of nitrogens with zero attached hydrogens (tertiary/aromatic N) is 3. The minimum Gasteiger partial charge on any atom is -0.508 e. The van der Waals surface area contributed by atoms with Crippen molar-refractivity contribution in [3.05, 3.63) is 54.0 Å². The summed E-state index contributed by atoms with van der Waals surface area (Å²) in [4.78, 5) is 9.26. The normalized spacial score (nSPS) is 17.8. The summed E-state index contributed by atoms with van der Waals surface area (Å²) in [6.07, 6.45) is 4.97. The summed E-state index contributed by atoms with van der Waals surface area (Å²) in [5, 5.41) is 9.43. The van der Waals surface area contributed by atoms with Crippen molar-refractivity contribution in [3.8, 4) is 5.75 Å². The lowest BCUT2D eigenvalue weighted by molar-refractivity contribution is 0.0971. The highest BCUT2D eigenvalue weighted by Crippen LogP contribution is 2.21. The number of phenols is 1. The molecule has 5 nitrogen and oxygen atoms in total. The summed E-state index contributed by atoms with van der Waals surface area (Å²) in [6, 6.07) is 11.2. The highest BCUT2D eigenvalue weighted by atomic mass is 16.5. The van der Waals surface area contributed by atoms with Gasteiger partial charge in [0.05, 0.1) is 12.6 Å². The van der Waals surface area contributed by atoms with Gasteiger partial charge in [0.15, 0.2) is 5.65 Å². The maximum atomic E-state index is 9.43. The number of hydrogen-bond donors (Lipinski definition) is 1. The molecule has 1 fully saturated rings. The van der Waals surface area contributed by atoms with Crippen molar-refractivity contribution in [1.82, 2.24) is 14.5 Å². The number of imidazole rings is 1. The Morgan fingerprint density at radius 1 is 1.22 bits per heavy atom. The zero-order chi connectivity index (χ0) is 15.6. The molecule has 1 aliphatic rings. The van der Waals surface area contributed by atoms with Crippen LogP contribution in [0.1, 0.15) is 24.2 Å². The summed E-state index contributed by atoms with van der Waals surface area (Å²) in [6.45, 7) is 1.64. The van der Waals surface area contributed by atoms with Crippen LogP contribution in [0.2, 0.25) is 0 Å². The molecule has 1 saturated heterocycles. The average molecular weight is 309 g/mol. The van der Waals surface area contributed by atoms with Crippen LogP contribution in [0.15, 0.2) is 42.6 Å². The number of ether oxygens (including phenoxy) is 1. The summed E-state index contributed by atoms with van der Waals surface area (Å²) in [5.74, 6) is 1.27. The Hall–Kier alpha value is -2.40. The minimum atomic E-state index is 0.243. The molecule has 3 aromatic rings. The number of phenolic OH excluding ortho intramolecular Hbond substituents is 1. The van der Waals surface area contributed by atoms with E-state index in [0.29, 0.717) is 6.42 Å². The molecule has 4 rings (SSSR count). The Labute approximate surface area is 134 Å². The van der Waals surface area contributed by atoms with E-state index in [2.05, 4.69) is 9.55 Å². The first-order valence-corrected chi connectivity index (χ1v) is 7.99. The first-order chi connectivity index (χ1) is 11.3. The number of benzene rings is 1. The first kappa shape index (κ1) is 14.2. The molecule has 1 atom stereocenters. The Bertz CT molecular complexity index is 805. The van der Waals surface area contributed by atoms with Gasteiger partial charge in [0.1, 0.15) is 17.1 Å². The number of fused-ring (bicyclic) bond motifs is 1. The molecule has 1 unspecified atom stereocenters. The van der Waals surface area contributed by atoms with E-state index in [1.165, 1.54) is 0 Å². The fourth-order valence-corrected chi connectivity index (χ4v) is 3.12. The average Bonchev–Trinajstić information content (AvgIpc) is 3.19. The van der Waals surface area contributed by atoms with Crippen molar-refractivity contribution in [3.63, 3.8) is 0 Å². The molecule has 0 bridgehead atoms. The Kier molecular flexibility index (Phi) is 3.71. The van der Waals surface area contributed by atoms with Gasteiger partial charge in [-0.25, -0.2) is 9.97 Å². The van der Waals surface area contributed by atoms with E-state index in [4.69, 9.17) is 9.72 Å². The van der Waals surface area contributed by atoms with E-state index in [1.54, 1.807) is 18.3 Å². The summed E-state index contributed by atoms with van der Waals surface area (Å²) >= 11 is 0. The molecule has 2 aromatic heterocycles. The molecule has 1 N–H and O–H groups in total. The van der Waals surface area contributed by atoms with Gasteiger partial charge in [-0.2, -0.15) is 0 Å². The standard InChI is InChI=1S/C18H19N3O2/c22-14-7-5-13(6-8-14)11-17-20-16-4-1-9-19-18(16)21(17)12-15-3-2-10-23-15/h1,4-9,15,22H,2-3,10-12H2. The molecular formula is C18H19N3O2. The summed E-state index contributed by atoms with van der Waals surface area (Å²) < 4.78 is 7.97. The van der Waals surface area contributed by atoms with Crippen molar-refractivity contribution < 1.29 is 9.84 Å². The van der Waals surface area contributed by atoms with Crippen LogP contribution < -0.4 is 0 Å². The molecule has 118 valence electrons. The minimum absolute atomic E-state index is 0.243. The van der Waals surface area contributed by atoms with Gasteiger partial charge in [-0.15, -0.1) is 0 Å². The van der Waals surface area contributed by atoms with E-state index in [1.807, 2.05) is 24.3 Å². The van der Waals surface area contributed by atoms with Crippen molar-refractivity contribution in [2.45, 2.75) is 31.9 Å². The lowest BCUT2D eigenvalue weighted by atomic mass is 10.1. The van der Waals surface area contributed by atoms with Crippen LogP contribution in [0.3, 0.4) is 0 Å². The quantitative estimate of drug-likeness (QED) is 0.805. The van der Waals surface area contributed by atoms with E-state index >= 15 is 0 Å². The lowest BCUT2D eigenvalue weighted by Crippen LogP contribution is -2.17. The number of hydrogen-bond acceptors (Lipinski definition) is 4. The zero-order valence-electron chi connectivity index (χ0n) is 12.9. The fourth-order valence-electron chi connectivity index (χ4n) is 3.12. The molecule has 0 spiro atoms. The molecule has 0 saturated carbocycles. The van der Waals surface area contributed by atoms with E-state index < -0.39 is 0 Å². The monoisotopic (exact) mass is 309 g/mol. The molecule has 1 aliphatic heterocycles. The highest BCUT2D eigenvalue weighted by Gasteiger charge is 2.20. The van der Waals surface area contributed by atoms with Gasteiger partial charge in [0, 0.05) is 19.2 Å². The molecule has 1 aromatic carbocycles. The predicted molar refractivity (Wildman–Crippen MR) is 87.4 cm³/mol. The molecule has 0 radical (unpaired) electrons. The Balaban J connectivity index is 1.70. The summed E-state index contributed by atoms with van der Waals surface area (Å²) in [5.41, 5.74) is 2.95. The van der Waals surface area contributed by atoms with Crippen LogP contribution in [0.25, 0.3) is 11.2 Å². The second kappa shape index (κ2) is 6.01. The Morgan fingerprint density at radius 3 is 2.87 bits per heavy atom. The van der Waals surface area contributed by atoms with Crippen LogP contribution in [-0.4, -0.2) is 32.4 Å². The molecule has 5 heteroatoms. The third-order valence-electron chi connectivity index (χ3n) is 4.29. The van der Waals surface area contributed by atoms with E-state index in [9.17, 15) is 5.11 Å².